The maximum Gasteiger partial charge on any atom is 0.309 e. The summed E-state index contributed by atoms with van der Waals surface area (Å²) >= 11 is 0. The van der Waals surface area contributed by atoms with Gasteiger partial charge in [0.25, 0.3) is 0 Å². The van der Waals surface area contributed by atoms with E-state index in [1.165, 1.54) is 0 Å². The molecule has 0 aromatic carbocycles. The van der Waals surface area contributed by atoms with E-state index in [-0.39, 0.29) is 0 Å². The predicted molar refractivity (Wildman–Crippen MR) is 48.2 cm³/mol. The second kappa shape index (κ2) is 7.54. The Morgan fingerprint density at radius 1 is 1.23 bits per heavy atom. The number of carbonyl (C=O) groups is 2. The number of amides is 2. The molecule has 0 bridgehead atoms. The fourth-order valence-electron chi connectivity index (χ4n) is 0.740. The quantitative estimate of drug-likeness (QED) is 0.442. The van der Waals surface area contributed by atoms with Crippen molar-refractivity contribution in [2.24, 2.45) is 0 Å². The second-order valence-electron chi connectivity index (χ2n) is 2.46. The van der Waals surface area contributed by atoms with Crippen LogP contribution in [-0.4, -0.2) is 38.6 Å². The molecule has 0 unspecified atom stereocenters. The van der Waals surface area contributed by atoms with Crippen LogP contribution in [0.3, 0.4) is 0 Å². The maximum absolute atomic E-state index is 10.9. The molecule has 0 saturated carbocycles. The standard InChI is InChI=1S/C8H16N2O3/c1-3-9-7(11)8(12)10-5-4-6-13-2/h3-6H2,1-2H3,(H,9,11)(H,10,12). The van der Waals surface area contributed by atoms with Crippen molar-refractivity contribution in [2.75, 3.05) is 26.8 Å². The smallest absolute Gasteiger partial charge is 0.309 e. The molecule has 0 rings (SSSR count). The van der Waals surface area contributed by atoms with Crippen LogP contribution in [0, 0.1) is 0 Å². The van der Waals surface area contributed by atoms with E-state index in [1.54, 1.807) is 14.0 Å². The van der Waals surface area contributed by atoms with Crippen LogP contribution >= 0.6 is 0 Å². The zero-order valence-electron chi connectivity index (χ0n) is 8.05. The molecule has 0 aliphatic rings. The van der Waals surface area contributed by atoms with E-state index in [0.717, 1.165) is 0 Å². The lowest BCUT2D eigenvalue weighted by molar-refractivity contribution is -0.139. The summed E-state index contributed by atoms with van der Waals surface area (Å²) in [5.74, 6) is -1.17. The third-order valence-corrected chi connectivity index (χ3v) is 1.35. The summed E-state index contributed by atoms with van der Waals surface area (Å²) in [7, 11) is 1.59. The van der Waals surface area contributed by atoms with Crippen molar-refractivity contribution in [3.8, 4) is 0 Å². The summed E-state index contributed by atoms with van der Waals surface area (Å²) in [5.41, 5.74) is 0. The minimum atomic E-state index is -0.585. The van der Waals surface area contributed by atoms with E-state index < -0.39 is 11.8 Å². The van der Waals surface area contributed by atoms with E-state index >= 15 is 0 Å². The molecule has 0 heterocycles. The molecule has 5 heteroatoms. The van der Waals surface area contributed by atoms with E-state index in [9.17, 15) is 9.59 Å². The van der Waals surface area contributed by atoms with Crippen LogP contribution in [0.25, 0.3) is 0 Å². The molecule has 0 aromatic rings. The number of ether oxygens (including phenoxy) is 1. The number of likely N-dealkylation sites (N-methyl/N-ethyl adjacent to an activating group) is 1. The molecule has 0 saturated heterocycles. The summed E-state index contributed by atoms with van der Waals surface area (Å²) < 4.78 is 4.78. The minimum Gasteiger partial charge on any atom is -0.385 e. The normalized spacial score (nSPS) is 9.38. The van der Waals surface area contributed by atoms with Gasteiger partial charge in [-0.15, -0.1) is 0 Å². The lowest BCUT2D eigenvalue weighted by atomic mass is 10.4. The van der Waals surface area contributed by atoms with Crippen LogP contribution in [0.5, 0.6) is 0 Å². The van der Waals surface area contributed by atoms with Crippen LogP contribution in [-0.2, 0) is 14.3 Å². The van der Waals surface area contributed by atoms with Crippen molar-refractivity contribution in [2.45, 2.75) is 13.3 Å². The van der Waals surface area contributed by atoms with Gasteiger partial charge in [0.2, 0.25) is 0 Å². The van der Waals surface area contributed by atoms with E-state index in [2.05, 4.69) is 10.6 Å². The lowest BCUT2D eigenvalue weighted by Crippen LogP contribution is -2.40. The SMILES string of the molecule is CCNC(=O)C(=O)NCCCOC. The van der Waals surface area contributed by atoms with Crippen molar-refractivity contribution in [1.29, 1.82) is 0 Å². The molecular formula is C8H16N2O3. The predicted octanol–water partition coefficient (Wildman–Crippen LogP) is -0.725. The molecule has 0 aromatic heterocycles. The Balaban J connectivity index is 3.44. The van der Waals surface area contributed by atoms with Gasteiger partial charge < -0.3 is 15.4 Å². The van der Waals surface area contributed by atoms with Crippen molar-refractivity contribution < 1.29 is 14.3 Å². The van der Waals surface area contributed by atoms with Gasteiger partial charge in [0.1, 0.15) is 0 Å². The monoisotopic (exact) mass is 188 g/mol. The molecule has 0 spiro atoms. The zero-order chi connectivity index (χ0) is 10.1. The Labute approximate surface area is 77.8 Å². The fourth-order valence-corrected chi connectivity index (χ4v) is 0.740. The minimum absolute atomic E-state index is 0.462. The molecule has 0 fully saturated rings. The van der Waals surface area contributed by atoms with Crippen molar-refractivity contribution >= 4 is 11.8 Å². The highest BCUT2D eigenvalue weighted by molar-refractivity contribution is 6.35. The topological polar surface area (TPSA) is 67.4 Å². The summed E-state index contributed by atoms with van der Waals surface area (Å²) in [6, 6.07) is 0. The average Bonchev–Trinajstić information content (AvgIpc) is 2.12. The summed E-state index contributed by atoms with van der Waals surface area (Å²) in [6.07, 6.45) is 0.710. The van der Waals surface area contributed by atoms with E-state index in [1.807, 2.05) is 0 Å². The van der Waals surface area contributed by atoms with Crippen LogP contribution in [0.2, 0.25) is 0 Å². The van der Waals surface area contributed by atoms with Crippen LogP contribution in [0.4, 0.5) is 0 Å². The van der Waals surface area contributed by atoms with E-state index in [4.69, 9.17) is 4.74 Å². The van der Waals surface area contributed by atoms with Crippen LogP contribution in [0.15, 0.2) is 0 Å². The van der Waals surface area contributed by atoms with Gasteiger partial charge in [0, 0.05) is 26.8 Å². The van der Waals surface area contributed by atoms with E-state index in [0.29, 0.717) is 26.1 Å². The highest BCUT2D eigenvalue weighted by Gasteiger charge is 2.09. The molecule has 0 aliphatic carbocycles. The number of rotatable bonds is 5. The van der Waals surface area contributed by atoms with Crippen molar-refractivity contribution in [1.82, 2.24) is 10.6 Å². The molecule has 13 heavy (non-hydrogen) atoms. The Hall–Kier alpha value is -1.10. The van der Waals surface area contributed by atoms with Gasteiger partial charge in [-0.25, -0.2) is 0 Å². The maximum atomic E-state index is 10.9. The summed E-state index contributed by atoms with van der Waals surface area (Å²) in [4.78, 5) is 21.8. The number of hydrogen-bond donors (Lipinski definition) is 2. The van der Waals surface area contributed by atoms with Crippen molar-refractivity contribution in [3.05, 3.63) is 0 Å². The highest BCUT2D eigenvalue weighted by atomic mass is 16.5. The highest BCUT2D eigenvalue weighted by Crippen LogP contribution is 1.77. The van der Waals surface area contributed by atoms with Gasteiger partial charge in [0.15, 0.2) is 0 Å². The molecule has 5 nitrogen and oxygen atoms in total. The first-order chi connectivity index (χ1) is 6.22. The van der Waals surface area contributed by atoms with Gasteiger partial charge >= 0.3 is 11.8 Å². The van der Waals surface area contributed by atoms with Crippen LogP contribution in [0.1, 0.15) is 13.3 Å². The van der Waals surface area contributed by atoms with Gasteiger partial charge in [-0.05, 0) is 13.3 Å². The number of nitrogens with one attached hydrogen (secondary N) is 2. The molecular weight excluding hydrogens is 172 g/mol. The first-order valence-corrected chi connectivity index (χ1v) is 4.27. The van der Waals surface area contributed by atoms with Gasteiger partial charge in [0.05, 0.1) is 0 Å². The molecule has 0 atom stereocenters. The Morgan fingerprint density at radius 3 is 2.38 bits per heavy atom. The number of methoxy groups -OCH3 is 1. The average molecular weight is 188 g/mol. The van der Waals surface area contributed by atoms with Gasteiger partial charge in [-0.1, -0.05) is 0 Å². The third kappa shape index (κ3) is 6.10. The Morgan fingerprint density at radius 2 is 1.85 bits per heavy atom. The first kappa shape index (κ1) is 11.9. The molecule has 2 N–H and O–H groups in total. The summed E-state index contributed by atoms with van der Waals surface area (Å²) in [6.45, 7) is 3.26. The summed E-state index contributed by atoms with van der Waals surface area (Å²) in [5, 5.41) is 4.88. The molecule has 0 aliphatic heterocycles. The fraction of sp³-hybridized carbons (Fsp3) is 0.750. The Kier molecular flexibility index (Phi) is 6.91. The first-order valence-electron chi connectivity index (χ1n) is 4.27. The van der Waals surface area contributed by atoms with Gasteiger partial charge in [-0.2, -0.15) is 0 Å². The second-order valence-corrected chi connectivity index (χ2v) is 2.46. The third-order valence-electron chi connectivity index (χ3n) is 1.35. The molecule has 76 valence electrons. The number of carbonyl (C=O) groups excluding carboxylic acids is 2. The largest absolute Gasteiger partial charge is 0.385 e. The Bertz CT molecular complexity index is 171. The lowest BCUT2D eigenvalue weighted by Gasteiger charge is -2.03. The zero-order valence-corrected chi connectivity index (χ0v) is 8.05. The molecule has 0 radical (unpaired) electrons. The molecule has 2 amide bonds. The van der Waals surface area contributed by atoms with Crippen molar-refractivity contribution in [3.63, 3.8) is 0 Å². The number of hydrogen-bond acceptors (Lipinski definition) is 3. The van der Waals surface area contributed by atoms with Crippen LogP contribution < -0.4 is 10.6 Å². The van der Waals surface area contributed by atoms with Gasteiger partial charge in [-0.3, -0.25) is 9.59 Å².